The highest BCUT2D eigenvalue weighted by molar-refractivity contribution is 5.92. The largest absolute Gasteiger partial charge is 0.469 e. The third-order valence-corrected chi connectivity index (χ3v) is 5.80. The maximum atomic E-state index is 13.5. The van der Waals surface area contributed by atoms with E-state index in [4.69, 9.17) is 9.47 Å². The number of carbonyl (C=O) groups is 2. The number of benzene rings is 2. The molecule has 29 heavy (non-hydrogen) atoms. The molecule has 1 spiro atoms. The van der Waals surface area contributed by atoms with E-state index < -0.39 is 46.5 Å². The highest BCUT2D eigenvalue weighted by atomic mass is 19.1. The van der Waals surface area contributed by atoms with E-state index in [2.05, 4.69) is 10.2 Å². The summed E-state index contributed by atoms with van der Waals surface area (Å²) in [6.07, 6.45) is 0.163. The van der Waals surface area contributed by atoms with Crippen LogP contribution in [0.4, 0.5) is 8.78 Å². The van der Waals surface area contributed by atoms with Crippen LogP contribution in [0.15, 0.2) is 58.8 Å². The number of halogens is 2. The van der Waals surface area contributed by atoms with Gasteiger partial charge in [-0.1, -0.05) is 24.3 Å². The summed E-state index contributed by atoms with van der Waals surface area (Å²) in [4.78, 5) is 24.6. The van der Waals surface area contributed by atoms with E-state index in [0.717, 1.165) is 0 Å². The van der Waals surface area contributed by atoms with Crippen LogP contribution in [0.2, 0.25) is 0 Å². The number of methoxy groups -OCH3 is 2. The second-order valence-electron chi connectivity index (χ2n) is 7.24. The van der Waals surface area contributed by atoms with Gasteiger partial charge in [-0.2, -0.15) is 10.2 Å². The molecule has 0 amide bonds. The molecule has 8 heteroatoms. The molecule has 1 aliphatic carbocycles. The van der Waals surface area contributed by atoms with Gasteiger partial charge in [0.05, 0.1) is 14.2 Å². The van der Waals surface area contributed by atoms with Crippen molar-refractivity contribution in [2.45, 2.75) is 17.5 Å². The van der Waals surface area contributed by atoms with Crippen LogP contribution in [0.5, 0.6) is 0 Å². The quantitative estimate of drug-likeness (QED) is 0.737. The van der Waals surface area contributed by atoms with Crippen LogP contribution in [0.1, 0.15) is 17.5 Å². The molecule has 2 aromatic rings. The van der Waals surface area contributed by atoms with Crippen molar-refractivity contribution in [1.82, 2.24) is 0 Å². The highest BCUT2D eigenvalue weighted by Gasteiger charge is 2.78. The molecule has 2 aromatic carbocycles. The SMILES string of the molecule is COC(=O)C1C(C(=O)OC)C12CC(c1ccc(F)cc1)(c1ccc(F)cc1)N=N2. The van der Waals surface area contributed by atoms with Crippen LogP contribution >= 0.6 is 0 Å². The summed E-state index contributed by atoms with van der Waals surface area (Å²) in [5.41, 5.74) is -0.991. The predicted molar refractivity (Wildman–Crippen MR) is 96.8 cm³/mol. The molecule has 0 bridgehead atoms. The van der Waals surface area contributed by atoms with Gasteiger partial charge in [0.1, 0.15) is 34.5 Å². The van der Waals surface area contributed by atoms with Crippen molar-refractivity contribution >= 4 is 11.9 Å². The molecule has 150 valence electrons. The first-order valence-electron chi connectivity index (χ1n) is 9.00. The van der Waals surface area contributed by atoms with Gasteiger partial charge in [-0.15, -0.1) is 0 Å². The number of azo groups is 1. The van der Waals surface area contributed by atoms with Crippen LogP contribution in [-0.4, -0.2) is 31.7 Å². The summed E-state index contributed by atoms with van der Waals surface area (Å²) >= 11 is 0. The standard InChI is InChI=1S/C21H18F2N2O4/c1-28-18(26)16-17(19(27)29-2)21(16)11-20(24-25-21,12-3-7-14(22)8-4-12)13-5-9-15(23)10-6-13/h3-10,16-17H,11H2,1-2H3. The Bertz CT molecular complexity index is 921. The Labute approximate surface area is 165 Å². The molecule has 2 aliphatic rings. The van der Waals surface area contributed by atoms with Gasteiger partial charge in [0.15, 0.2) is 0 Å². The third kappa shape index (κ3) is 2.82. The summed E-state index contributed by atoms with van der Waals surface area (Å²) in [6.45, 7) is 0. The van der Waals surface area contributed by atoms with Gasteiger partial charge in [0.25, 0.3) is 0 Å². The molecule has 6 nitrogen and oxygen atoms in total. The average Bonchev–Trinajstić information content (AvgIpc) is 3.20. The Morgan fingerprint density at radius 2 is 1.24 bits per heavy atom. The fourth-order valence-electron chi connectivity index (χ4n) is 4.30. The number of ether oxygens (including phenoxy) is 2. The van der Waals surface area contributed by atoms with E-state index in [1.165, 1.54) is 38.5 Å². The van der Waals surface area contributed by atoms with E-state index in [0.29, 0.717) is 11.1 Å². The normalized spacial score (nSPS) is 26.3. The van der Waals surface area contributed by atoms with Crippen molar-refractivity contribution in [2.24, 2.45) is 22.1 Å². The van der Waals surface area contributed by atoms with E-state index in [9.17, 15) is 18.4 Å². The number of nitrogens with zero attached hydrogens (tertiary/aromatic N) is 2. The van der Waals surface area contributed by atoms with Crippen molar-refractivity contribution in [3.63, 3.8) is 0 Å². The average molecular weight is 400 g/mol. The second kappa shape index (κ2) is 6.72. The Hall–Kier alpha value is -3.16. The van der Waals surface area contributed by atoms with E-state index in [1.807, 2.05) is 0 Å². The number of hydrogen-bond acceptors (Lipinski definition) is 6. The van der Waals surface area contributed by atoms with Crippen molar-refractivity contribution in [1.29, 1.82) is 0 Å². The smallest absolute Gasteiger partial charge is 0.312 e. The first kappa shape index (κ1) is 19.2. The maximum Gasteiger partial charge on any atom is 0.312 e. The summed E-state index contributed by atoms with van der Waals surface area (Å²) in [6, 6.07) is 11.5. The van der Waals surface area contributed by atoms with E-state index in [1.54, 1.807) is 24.3 Å². The van der Waals surface area contributed by atoms with Gasteiger partial charge in [0, 0.05) is 6.42 Å². The fourth-order valence-corrected chi connectivity index (χ4v) is 4.30. The predicted octanol–water partition coefficient (Wildman–Crippen LogP) is 3.40. The first-order valence-corrected chi connectivity index (χ1v) is 9.00. The minimum Gasteiger partial charge on any atom is -0.469 e. The molecule has 1 aliphatic heterocycles. The molecule has 1 fully saturated rings. The second-order valence-corrected chi connectivity index (χ2v) is 7.24. The molecule has 1 saturated carbocycles. The number of esters is 2. The molecule has 4 rings (SSSR count). The molecule has 2 unspecified atom stereocenters. The number of carbonyl (C=O) groups excluding carboxylic acids is 2. The zero-order valence-electron chi connectivity index (χ0n) is 15.8. The van der Waals surface area contributed by atoms with Gasteiger partial charge in [-0.3, -0.25) is 9.59 Å². The Morgan fingerprint density at radius 3 is 1.62 bits per heavy atom. The lowest BCUT2D eigenvalue weighted by Crippen LogP contribution is -2.28. The zero-order chi connectivity index (χ0) is 20.8. The van der Waals surface area contributed by atoms with Gasteiger partial charge in [-0.25, -0.2) is 8.78 Å². The zero-order valence-corrected chi connectivity index (χ0v) is 15.8. The first-order chi connectivity index (χ1) is 13.9. The van der Waals surface area contributed by atoms with Crippen LogP contribution < -0.4 is 0 Å². The molecular formula is C21H18F2N2O4. The Kier molecular flexibility index (Phi) is 4.44. The Balaban J connectivity index is 1.82. The fraction of sp³-hybridized carbons (Fsp3) is 0.333. The van der Waals surface area contributed by atoms with Crippen LogP contribution in [0, 0.1) is 23.5 Å². The molecule has 2 atom stereocenters. The summed E-state index contributed by atoms with van der Waals surface area (Å²) < 4.78 is 36.7. The van der Waals surface area contributed by atoms with Gasteiger partial charge < -0.3 is 9.47 Å². The van der Waals surface area contributed by atoms with Gasteiger partial charge in [-0.05, 0) is 35.4 Å². The molecule has 1 heterocycles. The monoisotopic (exact) mass is 400 g/mol. The molecular weight excluding hydrogens is 382 g/mol. The van der Waals surface area contributed by atoms with Crippen LogP contribution in [-0.2, 0) is 24.6 Å². The minimum absolute atomic E-state index is 0.163. The molecule has 0 N–H and O–H groups in total. The van der Waals surface area contributed by atoms with Crippen molar-refractivity contribution in [3.05, 3.63) is 71.3 Å². The maximum absolute atomic E-state index is 13.5. The van der Waals surface area contributed by atoms with E-state index in [-0.39, 0.29) is 6.42 Å². The van der Waals surface area contributed by atoms with Crippen LogP contribution in [0.3, 0.4) is 0 Å². The molecule has 0 radical (unpaired) electrons. The lowest BCUT2D eigenvalue weighted by Gasteiger charge is -2.27. The van der Waals surface area contributed by atoms with Crippen LogP contribution in [0.25, 0.3) is 0 Å². The number of hydrogen-bond donors (Lipinski definition) is 0. The van der Waals surface area contributed by atoms with Crippen molar-refractivity contribution < 1.29 is 27.8 Å². The Morgan fingerprint density at radius 1 is 0.828 bits per heavy atom. The van der Waals surface area contributed by atoms with Crippen molar-refractivity contribution in [3.8, 4) is 0 Å². The topological polar surface area (TPSA) is 77.3 Å². The molecule has 0 aromatic heterocycles. The lowest BCUT2D eigenvalue weighted by molar-refractivity contribution is -0.148. The summed E-state index contributed by atoms with van der Waals surface area (Å²) in [5.74, 6) is -3.64. The number of rotatable bonds is 4. The molecule has 0 saturated heterocycles. The minimum atomic E-state index is -1.12. The summed E-state index contributed by atoms with van der Waals surface area (Å²) in [7, 11) is 2.48. The van der Waals surface area contributed by atoms with Gasteiger partial charge in [0.2, 0.25) is 0 Å². The lowest BCUT2D eigenvalue weighted by atomic mass is 9.78. The third-order valence-electron chi connectivity index (χ3n) is 5.80. The summed E-state index contributed by atoms with van der Waals surface area (Å²) in [5, 5.41) is 8.85. The van der Waals surface area contributed by atoms with Gasteiger partial charge >= 0.3 is 11.9 Å². The van der Waals surface area contributed by atoms with Crippen molar-refractivity contribution in [2.75, 3.05) is 14.2 Å². The highest BCUT2D eigenvalue weighted by Crippen LogP contribution is 2.65. The van der Waals surface area contributed by atoms with E-state index >= 15 is 0 Å².